The molecule has 1 atom stereocenters. The summed E-state index contributed by atoms with van der Waals surface area (Å²) >= 11 is 0. The lowest BCUT2D eigenvalue weighted by Crippen LogP contribution is -2.54. The summed E-state index contributed by atoms with van der Waals surface area (Å²) in [5.74, 6) is 0.302. The minimum absolute atomic E-state index is 0.375. The summed E-state index contributed by atoms with van der Waals surface area (Å²) in [6.07, 6.45) is 0.788. The van der Waals surface area contributed by atoms with Crippen molar-refractivity contribution in [2.75, 3.05) is 20.8 Å². The third kappa shape index (κ3) is 2.04. The molecule has 27 heavy (non-hydrogen) atoms. The Balaban J connectivity index is 1.82. The Kier molecular flexibility index (Phi) is 3.39. The van der Waals surface area contributed by atoms with Crippen molar-refractivity contribution in [3.8, 4) is 5.75 Å². The molecule has 2 N–H and O–H groups in total. The Morgan fingerprint density at radius 2 is 2.04 bits per heavy atom. The van der Waals surface area contributed by atoms with Crippen LogP contribution in [-0.2, 0) is 21.5 Å². The van der Waals surface area contributed by atoms with Crippen molar-refractivity contribution in [1.82, 2.24) is 10.3 Å². The van der Waals surface area contributed by atoms with E-state index >= 15 is 0 Å². The fourth-order valence-electron chi connectivity index (χ4n) is 4.26. The SMILES string of the molecule is COC(=O)C12NCCc3c([nH]c4ccccc34)C1=Nc1ccc(OC)cc12. The zero-order valence-corrected chi connectivity index (χ0v) is 15.1. The van der Waals surface area contributed by atoms with Crippen LogP contribution in [0.2, 0.25) is 0 Å². The lowest BCUT2D eigenvalue weighted by atomic mass is 9.85. The number of ether oxygens (including phenoxy) is 2. The largest absolute Gasteiger partial charge is 0.497 e. The Morgan fingerprint density at radius 1 is 1.19 bits per heavy atom. The van der Waals surface area contributed by atoms with Crippen molar-refractivity contribution in [2.24, 2.45) is 4.99 Å². The summed E-state index contributed by atoms with van der Waals surface area (Å²) in [6.45, 7) is 0.625. The third-order valence-corrected chi connectivity index (χ3v) is 5.50. The number of hydrogen-bond acceptors (Lipinski definition) is 5. The topological polar surface area (TPSA) is 75.7 Å². The summed E-state index contributed by atoms with van der Waals surface area (Å²) < 4.78 is 10.6. The zero-order chi connectivity index (χ0) is 18.6. The van der Waals surface area contributed by atoms with Crippen molar-refractivity contribution in [3.05, 3.63) is 59.3 Å². The van der Waals surface area contributed by atoms with Crippen LogP contribution in [-0.4, -0.2) is 37.4 Å². The van der Waals surface area contributed by atoms with E-state index in [1.165, 1.54) is 12.7 Å². The van der Waals surface area contributed by atoms with Crippen LogP contribution in [0.25, 0.3) is 10.9 Å². The number of aromatic amines is 1. The number of esters is 1. The first-order valence-electron chi connectivity index (χ1n) is 8.90. The van der Waals surface area contributed by atoms with Gasteiger partial charge in [-0.3, -0.25) is 5.32 Å². The first-order chi connectivity index (χ1) is 13.2. The van der Waals surface area contributed by atoms with Gasteiger partial charge in [0.2, 0.25) is 0 Å². The summed E-state index contributed by atoms with van der Waals surface area (Å²) in [6, 6.07) is 13.8. The number of benzene rings is 2. The predicted octanol–water partition coefficient (Wildman–Crippen LogP) is 2.82. The number of aromatic nitrogens is 1. The summed E-state index contributed by atoms with van der Waals surface area (Å²) in [5, 5.41) is 4.59. The van der Waals surface area contributed by atoms with Crippen molar-refractivity contribution < 1.29 is 14.3 Å². The summed E-state index contributed by atoms with van der Waals surface area (Å²) in [4.78, 5) is 21.4. The molecule has 5 rings (SSSR count). The van der Waals surface area contributed by atoms with E-state index in [9.17, 15) is 4.79 Å². The Morgan fingerprint density at radius 3 is 2.85 bits per heavy atom. The Labute approximate surface area is 156 Å². The average molecular weight is 361 g/mol. The molecule has 2 aliphatic heterocycles. The van der Waals surface area contributed by atoms with E-state index in [0.29, 0.717) is 18.0 Å². The maximum atomic E-state index is 13.1. The van der Waals surface area contributed by atoms with E-state index in [-0.39, 0.29) is 5.97 Å². The minimum atomic E-state index is -1.15. The lowest BCUT2D eigenvalue weighted by Gasteiger charge is -2.29. The van der Waals surface area contributed by atoms with Crippen LogP contribution in [0.5, 0.6) is 5.75 Å². The summed E-state index contributed by atoms with van der Waals surface area (Å²) in [5.41, 5.74) is 4.11. The van der Waals surface area contributed by atoms with Gasteiger partial charge in [-0.25, -0.2) is 9.79 Å². The molecule has 0 saturated carbocycles. The van der Waals surface area contributed by atoms with Crippen LogP contribution >= 0.6 is 0 Å². The molecule has 0 radical (unpaired) electrons. The van der Waals surface area contributed by atoms with Gasteiger partial charge >= 0.3 is 5.97 Å². The van der Waals surface area contributed by atoms with Crippen molar-refractivity contribution in [1.29, 1.82) is 0 Å². The van der Waals surface area contributed by atoms with Gasteiger partial charge in [-0.2, -0.15) is 0 Å². The third-order valence-electron chi connectivity index (χ3n) is 5.50. The molecule has 3 heterocycles. The number of carbonyl (C=O) groups is 1. The van der Waals surface area contributed by atoms with Gasteiger partial charge in [0.25, 0.3) is 0 Å². The van der Waals surface area contributed by atoms with E-state index in [2.05, 4.69) is 16.4 Å². The highest BCUT2D eigenvalue weighted by molar-refractivity contribution is 6.24. The van der Waals surface area contributed by atoms with Gasteiger partial charge < -0.3 is 14.5 Å². The second-order valence-electron chi connectivity index (χ2n) is 6.79. The standard InChI is InChI=1S/C21H19N3O3/c1-26-12-7-8-17-15(11-12)21(20(25)27-2)19(24-17)18-14(9-10-22-21)13-5-3-4-6-16(13)23-18/h3-8,11,22-23H,9-10H2,1-2H3. The number of fused-ring (bicyclic) bond motifs is 7. The van der Waals surface area contributed by atoms with Crippen molar-refractivity contribution in [3.63, 3.8) is 0 Å². The van der Waals surface area contributed by atoms with Gasteiger partial charge in [0.15, 0.2) is 5.54 Å². The monoisotopic (exact) mass is 361 g/mol. The minimum Gasteiger partial charge on any atom is -0.497 e. The van der Waals surface area contributed by atoms with Gasteiger partial charge in [0.05, 0.1) is 25.6 Å². The molecule has 2 aliphatic rings. The van der Waals surface area contributed by atoms with E-state index in [0.717, 1.165) is 34.3 Å². The molecule has 136 valence electrons. The zero-order valence-electron chi connectivity index (χ0n) is 15.1. The van der Waals surface area contributed by atoms with Crippen LogP contribution in [0.3, 0.4) is 0 Å². The molecule has 1 aromatic heterocycles. The fraction of sp³-hybridized carbons (Fsp3) is 0.238. The maximum absolute atomic E-state index is 13.1. The number of aliphatic imine (C=N–C) groups is 1. The van der Waals surface area contributed by atoms with E-state index in [4.69, 9.17) is 14.5 Å². The molecule has 0 bridgehead atoms. The van der Waals surface area contributed by atoms with Gasteiger partial charge in [0.1, 0.15) is 11.5 Å². The van der Waals surface area contributed by atoms with Crippen LogP contribution in [0.1, 0.15) is 16.8 Å². The number of para-hydroxylation sites is 1. The molecule has 1 unspecified atom stereocenters. The number of methoxy groups -OCH3 is 2. The van der Waals surface area contributed by atoms with Crippen LogP contribution < -0.4 is 10.1 Å². The first kappa shape index (κ1) is 16.1. The highest BCUT2D eigenvalue weighted by Gasteiger charge is 2.53. The van der Waals surface area contributed by atoms with E-state index in [1.54, 1.807) is 7.11 Å². The quantitative estimate of drug-likeness (QED) is 0.688. The highest BCUT2D eigenvalue weighted by atomic mass is 16.5. The molecule has 0 spiro atoms. The molecule has 0 aliphatic carbocycles. The Hall–Kier alpha value is -3.12. The number of H-pyrrole nitrogens is 1. The number of nitrogens with one attached hydrogen (secondary N) is 2. The van der Waals surface area contributed by atoms with Gasteiger partial charge in [-0.1, -0.05) is 18.2 Å². The molecule has 2 aromatic carbocycles. The molecular weight excluding hydrogens is 342 g/mol. The van der Waals surface area contributed by atoms with Crippen LogP contribution in [0, 0.1) is 0 Å². The summed E-state index contributed by atoms with van der Waals surface area (Å²) in [7, 11) is 3.02. The maximum Gasteiger partial charge on any atom is 0.337 e. The number of hydrogen-bond donors (Lipinski definition) is 2. The number of nitrogens with zero attached hydrogens (tertiary/aromatic N) is 1. The number of carbonyl (C=O) groups excluding carboxylic acids is 1. The fourth-order valence-corrected chi connectivity index (χ4v) is 4.26. The average Bonchev–Trinajstić information content (AvgIpc) is 3.18. The molecule has 3 aromatic rings. The predicted molar refractivity (Wildman–Crippen MR) is 103 cm³/mol. The van der Waals surface area contributed by atoms with Crippen molar-refractivity contribution in [2.45, 2.75) is 12.0 Å². The van der Waals surface area contributed by atoms with Crippen LogP contribution in [0.15, 0.2) is 47.5 Å². The van der Waals surface area contributed by atoms with Crippen molar-refractivity contribution >= 4 is 28.3 Å². The first-order valence-corrected chi connectivity index (χ1v) is 8.90. The van der Waals surface area contributed by atoms with E-state index in [1.807, 2.05) is 36.4 Å². The molecule has 0 saturated heterocycles. The van der Waals surface area contributed by atoms with Crippen LogP contribution in [0.4, 0.5) is 5.69 Å². The lowest BCUT2D eigenvalue weighted by molar-refractivity contribution is -0.145. The molecule has 6 nitrogen and oxygen atoms in total. The normalized spacial score (nSPS) is 20.3. The number of rotatable bonds is 2. The van der Waals surface area contributed by atoms with E-state index < -0.39 is 5.54 Å². The smallest absolute Gasteiger partial charge is 0.337 e. The molecular formula is C21H19N3O3. The molecule has 0 fully saturated rings. The van der Waals surface area contributed by atoms with Gasteiger partial charge in [-0.15, -0.1) is 0 Å². The second-order valence-corrected chi connectivity index (χ2v) is 6.79. The second kappa shape index (κ2) is 5.69. The van der Waals surface area contributed by atoms with Gasteiger partial charge in [-0.05, 0) is 36.2 Å². The highest BCUT2D eigenvalue weighted by Crippen LogP contribution is 2.45. The molecule has 6 heteroatoms. The molecule has 0 amide bonds. The van der Waals surface area contributed by atoms with Gasteiger partial charge in [0, 0.05) is 23.0 Å². The Bertz CT molecular complexity index is 1120.